The molecular formula is C21H27N5O3S. The number of hydrogen-bond acceptors (Lipinski definition) is 6. The van der Waals surface area contributed by atoms with Crippen LogP contribution in [0.5, 0.6) is 0 Å². The highest BCUT2D eigenvalue weighted by molar-refractivity contribution is 7.17. The van der Waals surface area contributed by atoms with Gasteiger partial charge in [-0.3, -0.25) is 9.59 Å². The third-order valence-corrected chi connectivity index (χ3v) is 6.11. The highest BCUT2D eigenvalue weighted by Gasteiger charge is 2.24. The number of amides is 2. The number of fused-ring (bicyclic) bond motifs is 1. The normalized spacial score (nSPS) is 13.8. The van der Waals surface area contributed by atoms with Crippen molar-refractivity contribution in [1.82, 2.24) is 25.6 Å². The predicted octanol–water partition coefficient (Wildman–Crippen LogP) is 2.96. The molecule has 0 saturated carbocycles. The molecular weight excluding hydrogens is 402 g/mol. The Morgan fingerprint density at radius 1 is 1.20 bits per heavy atom. The van der Waals surface area contributed by atoms with Crippen LogP contribution >= 0.6 is 11.3 Å². The van der Waals surface area contributed by atoms with Gasteiger partial charge in [0.25, 0.3) is 11.8 Å². The summed E-state index contributed by atoms with van der Waals surface area (Å²) in [6.45, 7) is 9.77. The van der Waals surface area contributed by atoms with Crippen molar-refractivity contribution in [1.29, 1.82) is 0 Å². The third kappa shape index (κ3) is 4.68. The molecule has 0 fully saturated rings. The molecule has 8 nitrogen and oxygen atoms in total. The van der Waals surface area contributed by atoms with E-state index in [1.807, 2.05) is 6.92 Å². The molecule has 3 aromatic heterocycles. The van der Waals surface area contributed by atoms with E-state index in [1.165, 1.54) is 11.3 Å². The second-order valence-corrected chi connectivity index (χ2v) is 9.52. The zero-order chi connectivity index (χ0) is 22.1. The molecule has 2 unspecified atom stereocenters. The number of aliphatic hydroxyl groups excluding tert-OH is 1. The monoisotopic (exact) mass is 429 g/mol. The summed E-state index contributed by atoms with van der Waals surface area (Å²) in [5.74, 6) is -0.459. The predicted molar refractivity (Wildman–Crippen MR) is 118 cm³/mol. The zero-order valence-electron chi connectivity index (χ0n) is 17.7. The van der Waals surface area contributed by atoms with Gasteiger partial charge in [0.15, 0.2) is 5.65 Å². The van der Waals surface area contributed by atoms with Crippen LogP contribution in [-0.2, 0) is 0 Å². The fourth-order valence-electron chi connectivity index (χ4n) is 2.61. The summed E-state index contributed by atoms with van der Waals surface area (Å²) in [6.07, 6.45) is 3.23. The minimum Gasteiger partial charge on any atom is -0.394 e. The average Bonchev–Trinajstić information content (AvgIpc) is 3.33. The van der Waals surface area contributed by atoms with E-state index in [4.69, 9.17) is 5.11 Å². The Labute approximate surface area is 179 Å². The maximum Gasteiger partial charge on any atom is 0.261 e. The van der Waals surface area contributed by atoms with E-state index in [0.29, 0.717) is 27.3 Å². The summed E-state index contributed by atoms with van der Waals surface area (Å²) in [5, 5.41) is 14.8. The van der Waals surface area contributed by atoms with Crippen LogP contribution < -0.4 is 10.6 Å². The van der Waals surface area contributed by atoms with E-state index in [1.54, 1.807) is 31.5 Å². The maximum absolute atomic E-state index is 12.8. The zero-order valence-corrected chi connectivity index (χ0v) is 18.6. The van der Waals surface area contributed by atoms with Crippen molar-refractivity contribution in [2.24, 2.45) is 5.41 Å². The first kappa shape index (κ1) is 21.9. The number of carbonyl (C=O) groups is 2. The SMILES string of the molecule is CC(CO)NC(=O)c1ccc(-c2cnc3[nH]cc(C(=O)NC(C)C(C)(C)C)c3n2)s1. The van der Waals surface area contributed by atoms with Gasteiger partial charge in [0.1, 0.15) is 5.52 Å². The highest BCUT2D eigenvalue weighted by Crippen LogP contribution is 2.28. The smallest absolute Gasteiger partial charge is 0.261 e. The van der Waals surface area contributed by atoms with Crippen LogP contribution in [0.4, 0.5) is 0 Å². The van der Waals surface area contributed by atoms with E-state index in [9.17, 15) is 9.59 Å². The summed E-state index contributed by atoms with van der Waals surface area (Å²) in [6, 6.07) is 3.16. The molecule has 0 saturated heterocycles. The molecule has 0 spiro atoms. The summed E-state index contributed by atoms with van der Waals surface area (Å²) >= 11 is 1.28. The molecule has 3 aromatic rings. The van der Waals surface area contributed by atoms with E-state index < -0.39 is 0 Å². The first-order valence-corrected chi connectivity index (χ1v) is 10.6. The quantitative estimate of drug-likeness (QED) is 0.480. The van der Waals surface area contributed by atoms with Gasteiger partial charge in [-0.15, -0.1) is 11.3 Å². The molecule has 0 radical (unpaired) electrons. The number of rotatable bonds is 6. The second-order valence-electron chi connectivity index (χ2n) is 8.44. The standard InChI is InChI=1S/C21H27N5O3S/c1-11(10-27)24-20(29)16-7-6-15(30-16)14-9-23-18-17(26-14)13(8-22-18)19(28)25-12(2)21(3,4)5/h6-9,11-12,27H,10H2,1-5H3,(H,22,23)(H,24,29)(H,25,28). The van der Waals surface area contributed by atoms with Gasteiger partial charge in [-0.25, -0.2) is 9.97 Å². The molecule has 0 aliphatic heterocycles. The van der Waals surface area contributed by atoms with Crippen LogP contribution in [0.15, 0.2) is 24.5 Å². The van der Waals surface area contributed by atoms with E-state index in [0.717, 1.165) is 4.88 Å². The number of thiophene rings is 1. The fraction of sp³-hybridized carbons (Fsp3) is 0.429. The fourth-order valence-corrected chi connectivity index (χ4v) is 3.48. The molecule has 0 aromatic carbocycles. The first-order valence-electron chi connectivity index (χ1n) is 9.77. The van der Waals surface area contributed by atoms with Crippen LogP contribution in [0.25, 0.3) is 21.7 Å². The van der Waals surface area contributed by atoms with E-state index in [-0.39, 0.29) is 35.9 Å². The maximum atomic E-state index is 12.8. The molecule has 4 N–H and O–H groups in total. The van der Waals surface area contributed by atoms with Gasteiger partial charge in [0.2, 0.25) is 0 Å². The molecule has 9 heteroatoms. The molecule has 160 valence electrons. The number of aromatic amines is 1. The number of aliphatic hydroxyl groups is 1. The van der Waals surface area contributed by atoms with Crippen molar-refractivity contribution in [3.05, 3.63) is 35.0 Å². The minimum absolute atomic E-state index is 0.0224. The van der Waals surface area contributed by atoms with E-state index >= 15 is 0 Å². The van der Waals surface area contributed by atoms with Gasteiger partial charge in [-0.05, 0) is 31.4 Å². The van der Waals surface area contributed by atoms with Crippen molar-refractivity contribution in [3.8, 4) is 10.6 Å². The Hall–Kier alpha value is -2.78. The van der Waals surface area contributed by atoms with E-state index in [2.05, 4.69) is 46.4 Å². The number of hydrogen-bond donors (Lipinski definition) is 4. The van der Waals surface area contributed by atoms with Crippen LogP contribution in [0, 0.1) is 5.41 Å². The molecule has 3 heterocycles. The van der Waals surface area contributed by atoms with Crippen LogP contribution in [-0.4, -0.2) is 50.6 Å². The third-order valence-electron chi connectivity index (χ3n) is 5.01. The lowest BCUT2D eigenvalue weighted by atomic mass is 9.88. The van der Waals surface area contributed by atoms with Gasteiger partial charge < -0.3 is 20.7 Å². The summed E-state index contributed by atoms with van der Waals surface area (Å²) in [7, 11) is 0. The number of aromatic nitrogens is 3. The lowest BCUT2D eigenvalue weighted by Gasteiger charge is -2.27. The molecule has 2 amide bonds. The molecule has 2 atom stereocenters. The minimum atomic E-state index is -0.324. The van der Waals surface area contributed by atoms with Gasteiger partial charge in [0.05, 0.1) is 33.8 Å². The Morgan fingerprint density at radius 2 is 1.93 bits per heavy atom. The molecule has 30 heavy (non-hydrogen) atoms. The van der Waals surface area contributed by atoms with Crippen molar-refractivity contribution >= 4 is 34.3 Å². The van der Waals surface area contributed by atoms with Crippen LogP contribution in [0.2, 0.25) is 0 Å². The van der Waals surface area contributed by atoms with Gasteiger partial charge in [-0.1, -0.05) is 20.8 Å². The molecule has 0 aliphatic rings. The lowest BCUT2D eigenvalue weighted by molar-refractivity contribution is 0.0908. The van der Waals surface area contributed by atoms with Crippen molar-refractivity contribution in [2.75, 3.05) is 6.61 Å². The lowest BCUT2D eigenvalue weighted by Crippen LogP contribution is -2.41. The Morgan fingerprint density at radius 3 is 2.60 bits per heavy atom. The molecule has 0 aliphatic carbocycles. The Balaban J connectivity index is 1.86. The number of H-pyrrole nitrogens is 1. The highest BCUT2D eigenvalue weighted by atomic mass is 32.1. The average molecular weight is 430 g/mol. The van der Waals surface area contributed by atoms with Crippen molar-refractivity contribution in [2.45, 2.75) is 46.7 Å². The topological polar surface area (TPSA) is 120 Å². The Kier molecular flexibility index (Phi) is 6.23. The van der Waals surface area contributed by atoms with Gasteiger partial charge in [-0.2, -0.15) is 0 Å². The number of carbonyl (C=O) groups excluding carboxylic acids is 2. The summed E-state index contributed by atoms with van der Waals surface area (Å²) in [4.78, 5) is 38.3. The van der Waals surface area contributed by atoms with Crippen LogP contribution in [0.1, 0.15) is 54.6 Å². The summed E-state index contributed by atoms with van der Waals surface area (Å²) in [5.41, 5.74) is 1.96. The largest absolute Gasteiger partial charge is 0.394 e. The van der Waals surface area contributed by atoms with Crippen molar-refractivity contribution in [3.63, 3.8) is 0 Å². The van der Waals surface area contributed by atoms with Crippen LogP contribution in [0.3, 0.4) is 0 Å². The number of nitrogens with one attached hydrogen (secondary N) is 3. The number of nitrogens with zero attached hydrogens (tertiary/aromatic N) is 2. The molecule has 0 bridgehead atoms. The second kappa shape index (κ2) is 8.53. The Bertz CT molecular complexity index is 1070. The van der Waals surface area contributed by atoms with Gasteiger partial charge in [0, 0.05) is 18.3 Å². The van der Waals surface area contributed by atoms with Crippen molar-refractivity contribution < 1.29 is 14.7 Å². The first-order chi connectivity index (χ1) is 14.1. The summed E-state index contributed by atoms with van der Waals surface area (Å²) < 4.78 is 0. The molecule has 3 rings (SSSR count). The van der Waals surface area contributed by atoms with Gasteiger partial charge >= 0.3 is 0 Å².